The summed E-state index contributed by atoms with van der Waals surface area (Å²) < 4.78 is 11.2. The van der Waals surface area contributed by atoms with Gasteiger partial charge in [-0.15, -0.1) is 0 Å². The molecule has 11 unspecified atom stereocenters. The van der Waals surface area contributed by atoms with Gasteiger partial charge in [-0.1, -0.05) is 38.5 Å². The molecule has 7 aliphatic rings. The largest absolute Gasteiger partial charge is 0.508 e. The van der Waals surface area contributed by atoms with Crippen molar-refractivity contribution in [2.45, 2.75) is 143 Å². The molecular formula is C41H56O6. The molecule has 47 heavy (non-hydrogen) atoms. The molecule has 1 N–H and O–H groups in total. The number of benzene rings is 1. The summed E-state index contributed by atoms with van der Waals surface area (Å²) in [6.07, 6.45) is 17.7. The number of hydrogen-bond donors (Lipinski definition) is 1. The second-order valence-electron chi connectivity index (χ2n) is 17.2. The van der Waals surface area contributed by atoms with Gasteiger partial charge in [0.25, 0.3) is 0 Å². The molecule has 0 heterocycles. The predicted octanol–water partition coefficient (Wildman–Crippen LogP) is 8.63. The second-order valence-corrected chi connectivity index (χ2v) is 17.2. The van der Waals surface area contributed by atoms with E-state index in [4.69, 9.17) is 9.47 Å². The Kier molecular flexibility index (Phi) is 8.44. The number of hydrogen-bond acceptors (Lipinski definition) is 6. The van der Waals surface area contributed by atoms with Crippen LogP contribution in [0.4, 0.5) is 0 Å². The molecular weight excluding hydrogens is 588 g/mol. The maximum atomic E-state index is 12.4. The van der Waals surface area contributed by atoms with Gasteiger partial charge in [-0.2, -0.15) is 0 Å². The third-order valence-electron chi connectivity index (χ3n) is 15.0. The van der Waals surface area contributed by atoms with Crippen LogP contribution >= 0.6 is 0 Å². The van der Waals surface area contributed by atoms with Gasteiger partial charge < -0.3 is 14.6 Å². The van der Waals surface area contributed by atoms with Crippen LogP contribution < -0.4 is 0 Å². The van der Waals surface area contributed by atoms with E-state index in [0.717, 1.165) is 64.2 Å². The smallest absolute Gasteiger partial charge is 0.302 e. The highest BCUT2D eigenvalue weighted by Crippen LogP contribution is 2.64. The Morgan fingerprint density at radius 1 is 0.787 bits per heavy atom. The topological polar surface area (TPSA) is 89.9 Å². The van der Waals surface area contributed by atoms with Crippen LogP contribution in [0, 0.1) is 45.8 Å². The van der Waals surface area contributed by atoms with Crippen molar-refractivity contribution in [1.29, 1.82) is 0 Å². The normalized spacial score (nSPS) is 42.9. The van der Waals surface area contributed by atoms with Crippen molar-refractivity contribution in [3.05, 3.63) is 41.0 Å². The van der Waals surface area contributed by atoms with E-state index in [-0.39, 0.29) is 40.4 Å². The fourth-order valence-corrected chi connectivity index (χ4v) is 12.6. The standard InChI is InChI=1S/C21H30O3.C20H26O3/c1-13(22)24-15-8-10-20(2)14(12-15)4-5-16-17-6-7-19(23)21(17,3)11-9-18(16)20;1-12(21)23-19-8-7-18-17-5-3-13-11-14(22)4-6-15(13)16(17)9-10-20(18,19)2/h4,15-18H,5-12H2,1-3H3;4,6,11,16-19,22H,3,5,7-10H2,1-2H3. The molecule has 5 fully saturated rings. The van der Waals surface area contributed by atoms with E-state index < -0.39 is 0 Å². The summed E-state index contributed by atoms with van der Waals surface area (Å²) in [5.41, 5.74) is 4.68. The van der Waals surface area contributed by atoms with E-state index in [1.54, 1.807) is 0 Å². The molecule has 0 amide bonds. The Morgan fingerprint density at radius 2 is 1.53 bits per heavy atom. The van der Waals surface area contributed by atoms with Gasteiger partial charge >= 0.3 is 11.9 Å². The minimum atomic E-state index is -0.157. The number of phenolic OH excluding ortho intramolecular Hbond substituents is 1. The molecule has 7 aliphatic carbocycles. The summed E-state index contributed by atoms with van der Waals surface area (Å²) >= 11 is 0. The van der Waals surface area contributed by atoms with Gasteiger partial charge in [-0.25, -0.2) is 0 Å². The molecule has 0 aliphatic heterocycles. The zero-order chi connectivity index (χ0) is 33.3. The molecule has 6 nitrogen and oxygen atoms in total. The first-order valence-corrected chi connectivity index (χ1v) is 18.7. The Bertz CT molecular complexity index is 1460. The number of ether oxygens (including phenoxy) is 2. The minimum absolute atomic E-state index is 0.0438. The van der Waals surface area contributed by atoms with Crippen LogP contribution in [0.5, 0.6) is 5.75 Å². The minimum Gasteiger partial charge on any atom is -0.508 e. The van der Waals surface area contributed by atoms with Crippen LogP contribution in [0.3, 0.4) is 0 Å². The third kappa shape index (κ3) is 5.48. The molecule has 1 aromatic rings. The van der Waals surface area contributed by atoms with Crippen LogP contribution in [-0.4, -0.2) is 35.0 Å². The Balaban J connectivity index is 0.000000150. The fraction of sp³-hybridized carbons (Fsp3) is 0.732. The highest BCUT2D eigenvalue weighted by Gasteiger charge is 2.59. The van der Waals surface area contributed by atoms with Crippen molar-refractivity contribution in [1.82, 2.24) is 0 Å². The molecule has 6 heteroatoms. The first-order valence-electron chi connectivity index (χ1n) is 18.7. The van der Waals surface area contributed by atoms with Crippen LogP contribution in [0.2, 0.25) is 0 Å². The Hall–Kier alpha value is -2.63. The number of carbonyl (C=O) groups is 3. The van der Waals surface area contributed by atoms with Crippen LogP contribution in [0.15, 0.2) is 29.8 Å². The van der Waals surface area contributed by atoms with E-state index >= 15 is 0 Å². The lowest BCUT2D eigenvalue weighted by Crippen LogP contribution is -2.50. The SMILES string of the molecule is CC(=O)OC1CCC2(C)C(=CCC3C4CCC(=O)C4(C)CCC32)C1.CC(=O)OC1CCC2C3CCc4cc(O)ccc4C3CCC12C. The number of allylic oxidation sites excluding steroid dienone is 1. The van der Waals surface area contributed by atoms with E-state index in [2.05, 4.69) is 32.9 Å². The van der Waals surface area contributed by atoms with E-state index in [9.17, 15) is 19.5 Å². The van der Waals surface area contributed by atoms with Crippen molar-refractivity contribution in [2.75, 3.05) is 0 Å². The number of carbonyl (C=O) groups excluding carboxylic acids is 3. The summed E-state index contributed by atoms with van der Waals surface area (Å²) in [4.78, 5) is 35.2. The number of aromatic hydroxyl groups is 1. The summed E-state index contributed by atoms with van der Waals surface area (Å²) in [5, 5.41) is 9.75. The molecule has 11 atom stereocenters. The lowest BCUT2D eigenvalue weighted by molar-refractivity contribution is -0.155. The van der Waals surface area contributed by atoms with Crippen molar-refractivity contribution in [3.8, 4) is 5.75 Å². The number of rotatable bonds is 2. The summed E-state index contributed by atoms with van der Waals surface area (Å²) in [6, 6.07) is 5.93. The molecule has 0 radical (unpaired) electrons. The predicted molar refractivity (Wildman–Crippen MR) is 181 cm³/mol. The lowest BCUT2D eigenvalue weighted by atomic mass is 9.48. The first-order chi connectivity index (χ1) is 22.3. The van der Waals surface area contributed by atoms with E-state index in [0.29, 0.717) is 47.0 Å². The number of phenols is 1. The quantitative estimate of drug-likeness (QED) is 0.256. The van der Waals surface area contributed by atoms with E-state index in [1.165, 1.54) is 56.2 Å². The number of fused-ring (bicyclic) bond motifs is 10. The summed E-state index contributed by atoms with van der Waals surface area (Å²) in [5.74, 6) is 4.56. The molecule has 0 saturated heterocycles. The van der Waals surface area contributed by atoms with Gasteiger partial charge in [0.1, 0.15) is 23.7 Å². The summed E-state index contributed by atoms with van der Waals surface area (Å²) in [6.45, 7) is 10.1. The van der Waals surface area contributed by atoms with Crippen LogP contribution in [0.25, 0.3) is 0 Å². The van der Waals surface area contributed by atoms with Crippen molar-refractivity contribution in [3.63, 3.8) is 0 Å². The van der Waals surface area contributed by atoms with Gasteiger partial charge in [-0.05, 0) is 141 Å². The molecule has 256 valence electrons. The maximum absolute atomic E-state index is 12.4. The highest BCUT2D eigenvalue weighted by atomic mass is 16.5. The molecule has 1 aromatic carbocycles. The van der Waals surface area contributed by atoms with Gasteiger partial charge in [0, 0.05) is 37.5 Å². The summed E-state index contributed by atoms with van der Waals surface area (Å²) in [7, 11) is 0. The average molecular weight is 645 g/mol. The zero-order valence-electron chi connectivity index (χ0n) is 29.3. The molecule has 8 rings (SSSR count). The lowest BCUT2D eigenvalue weighted by Gasteiger charge is -2.56. The maximum Gasteiger partial charge on any atom is 0.302 e. The molecule has 0 aromatic heterocycles. The number of ketones is 1. The average Bonchev–Trinajstić information content (AvgIpc) is 3.51. The van der Waals surface area contributed by atoms with Gasteiger partial charge in [0.05, 0.1) is 0 Å². The van der Waals surface area contributed by atoms with Crippen molar-refractivity contribution in [2.24, 2.45) is 45.8 Å². The van der Waals surface area contributed by atoms with Crippen LogP contribution in [-0.2, 0) is 30.3 Å². The van der Waals surface area contributed by atoms with Crippen LogP contribution in [0.1, 0.15) is 135 Å². The van der Waals surface area contributed by atoms with Gasteiger partial charge in [-0.3, -0.25) is 14.4 Å². The molecule has 0 bridgehead atoms. The van der Waals surface area contributed by atoms with E-state index in [1.807, 2.05) is 12.1 Å². The fourth-order valence-electron chi connectivity index (χ4n) is 12.6. The second kappa shape index (κ2) is 12.1. The van der Waals surface area contributed by atoms with Crippen molar-refractivity contribution < 1.29 is 29.0 Å². The molecule has 5 saturated carbocycles. The van der Waals surface area contributed by atoms with Gasteiger partial charge in [0.2, 0.25) is 0 Å². The van der Waals surface area contributed by atoms with Crippen molar-refractivity contribution >= 4 is 17.7 Å². The number of Topliss-reactive ketones (excluding diaryl/α,β-unsaturated/α-hetero) is 1. The molecule has 0 spiro atoms. The number of esters is 2. The first kappa shape index (κ1) is 32.9. The monoisotopic (exact) mass is 644 g/mol. The Morgan fingerprint density at radius 3 is 2.30 bits per heavy atom. The van der Waals surface area contributed by atoms with Gasteiger partial charge in [0.15, 0.2) is 0 Å². The zero-order valence-corrected chi connectivity index (χ0v) is 29.3. The number of aryl methyl sites for hydroxylation is 1. The third-order valence-corrected chi connectivity index (χ3v) is 15.0. The highest BCUT2D eigenvalue weighted by molar-refractivity contribution is 5.87. The Labute approximate surface area is 281 Å².